The van der Waals surface area contributed by atoms with E-state index >= 15 is 0 Å². The van der Waals surface area contributed by atoms with Crippen LogP contribution in [0.25, 0.3) is 0 Å². The van der Waals surface area contributed by atoms with Crippen LogP contribution in [0.5, 0.6) is 0 Å². The third-order valence-electron chi connectivity index (χ3n) is 2.71. The second kappa shape index (κ2) is 9.46. The van der Waals surface area contributed by atoms with Gasteiger partial charge < -0.3 is 19.9 Å². The summed E-state index contributed by atoms with van der Waals surface area (Å²) in [6.07, 6.45) is 0. The molecule has 1 aromatic rings. The monoisotopic (exact) mass is 316 g/mol. The van der Waals surface area contributed by atoms with Gasteiger partial charge in [0.25, 0.3) is 0 Å². The highest BCUT2D eigenvalue weighted by Gasteiger charge is 2.17. The summed E-state index contributed by atoms with van der Waals surface area (Å²) >= 11 is 1.20. The molecule has 0 atom stereocenters. The van der Waals surface area contributed by atoms with Crippen molar-refractivity contribution < 1.29 is 24.2 Å². The van der Waals surface area contributed by atoms with Gasteiger partial charge in [-0.25, -0.2) is 4.79 Å². The molecule has 1 aromatic heterocycles. The first-order chi connectivity index (χ1) is 10.1. The molecule has 0 unspecified atom stereocenters. The predicted molar refractivity (Wildman–Crippen MR) is 79.7 cm³/mol. The minimum Gasteiger partial charge on any atom is -0.465 e. The Morgan fingerprint density at radius 3 is 2.76 bits per heavy atom. The Morgan fingerprint density at radius 2 is 2.14 bits per heavy atom. The molecule has 0 fully saturated rings. The summed E-state index contributed by atoms with van der Waals surface area (Å²) in [6.45, 7) is 1.46. The first-order valence-electron chi connectivity index (χ1n) is 6.40. The highest BCUT2D eigenvalue weighted by molar-refractivity contribution is 7.12. The lowest BCUT2D eigenvalue weighted by Crippen LogP contribution is -2.37. The molecule has 0 aliphatic heterocycles. The molecule has 0 spiro atoms. The number of aliphatic hydroxyl groups is 1. The molecule has 8 heteroatoms. The lowest BCUT2D eigenvalue weighted by atomic mass is 10.3. The van der Waals surface area contributed by atoms with Crippen LogP contribution in [0.1, 0.15) is 9.67 Å². The van der Waals surface area contributed by atoms with E-state index in [1.807, 2.05) is 0 Å². The molecule has 0 saturated heterocycles. The van der Waals surface area contributed by atoms with Gasteiger partial charge in [0.2, 0.25) is 5.91 Å². The minimum absolute atomic E-state index is 0.0388. The summed E-state index contributed by atoms with van der Waals surface area (Å²) in [5, 5.41) is 13.4. The van der Waals surface area contributed by atoms with Crippen LogP contribution in [0.2, 0.25) is 0 Å². The SMILES string of the molecule is COCCN(CCO)CC(=O)Nc1ccsc1C(=O)OC. The van der Waals surface area contributed by atoms with Gasteiger partial charge in [0.15, 0.2) is 0 Å². The molecule has 21 heavy (non-hydrogen) atoms. The van der Waals surface area contributed by atoms with Gasteiger partial charge in [0, 0.05) is 20.2 Å². The number of rotatable bonds is 9. The number of amides is 1. The van der Waals surface area contributed by atoms with Crippen molar-refractivity contribution in [3.8, 4) is 0 Å². The van der Waals surface area contributed by atoms with E-state index in [-0.39, 0.29) is 19.1 Å². The van der Waals surface area contributed by atoms with Crippen molar-refractivity contribution in [2.45, 2.75) is 0 Å². The summed E-state index contributed by atoms with van der Waals surface area (Å²) in [5.74, 6) is -0.741. The molecule has 2 N–H and O–H groups in total. The summed E-state index contributed by atoms with van der Waals surface area (Å²) in [7, 11) is 2.87. The van der Waals surface area contributed by atoms with Crippen LogP contribution in [0.4, 0.5) is 5.69 Å². The number of thiophene rings is 1. The van der Waals surface area contributed by atoms with Crippen molar-refractivity contribution in [1.29, 1.82) is 0 Å². The zero-order chi connectivity index (χ0) is 15.7. The Kier molecular flexibility index (Phi) is 7.91. The van der Waals surface area contributed by atoms with Crippen molar-refractivity contribution >= 4 is 28.9 Å². The minimum atomic E-state index is -0.480. The van der Waals surface area contributed by atoms with Crippen LogP contribution in [0.3, 0.4) is 0 Å². The molecule has 0 saturated carbocycles. The molecule has 0 aliphatic carbocycles. The normalized spacial score (nSPS) is 10.7. The summed E-state index contributed by atoms with van der Waals surface area (Å²) in [5.41, 5.74) is 0.438. The molecular weight excluding hydrogens is 296 g/mol. The van der Waals surface area contributed by atoms with E-state index in [0.717, 1.165) is 0 Å². The van der Waals surface area contributed by atoms with Crippen molar-refractivity contribution in [3.63, 3.8) is 0 Å². The number of methoxy groups -OCH3 is 2. The van der Waals surface area contributed by atoms with Gasteiger partial charge in [0.1, 0.15) is 4.88 Å². The lowest BCUT2D eigenvalue weighted by molar-refractivity contribution is -0.117. The molecule has 0 radical (unpaired) electrons. The molecule has 1 amide bonds. The van der Waals surface area contributed by atoms with Gasteiger partial charge >= 0.3 is 5.97 Å². The molecule has 0 bridgehead atoms. The van der Waals surface area contributed by atoms with Crippen molar-refractivity contribution in [2.24, 2.45) is 0 Å². The van der Waals surface area contributed by atoms with Crippen LogP contribution in [0.15, 0.2) is 11.4 Å². The number of anilines is 1. The maximum absolute atomic E-state index is 12.0. The molecular formula is C13H20N2O5S. The van der Waals surface area contributed by atoms with E-state index in [2.05, 4.69) is 10.1 Å². The first kappa shape index (κ1) is 17.6. The largest absolute Gasteiger partial charge is 0.465 e. The Bertz CT molecular complexity index is 463. The maximum Gasteiger partial charge on any atom is 0.350 e. The maximum atomic E-state index is 12.0. The van der Waals surface area contributed by atoms with Crippen molar-refractivity contribution in [2.75, 3.05) is 52.4 Å². The average molecular weight is 316 g/mol. The molecule has 0 aromatic carbocycles. The Labute approximate surface area is 127 Å². The standard InChI is InChI=1S/C13H20N2O5S/c1-19-7-5-15(4-6-16)9-11(17)14-10-3-8-21-12(10)13(18)20-2/h3,8,16H,4-7,9H2,1-2H3,(H,14,17). The second-order valence-corrected chi connectivity index (χ2v) is 5.11. The molecule has 1 rings (SSSR count). The Morgan fingerprint density at radius 1 is 1.38 bits per heavy atom. The van der Waals surface area contributed by atoms with E-state index in [4.69, 9.17) is 9.84 Å². The summed E-state index contributed by atoms with van der Waals surface area (Å²) in [4.78, 5) is 25.6. The van der Waals surface area contributed by atoms with E-state index in [0.29, 0.717) is 30.3 Å². The zero-order valence-corrected chi connectivity index (χ0v) is 12.9. The van der Waals surface area contributed by atoms with Crippen molar-refractivity contribution in [3.05, 3.63) is 16.3 Å². The van der Waals surface area contributed by atoms with Crippen LogP contribution < -0.4 is 5.32 Å². The average Bonchev–Trinajstić information content (AvgIpc) is 2.92. The highest BCUT2D eigenvalue weighted by Crippen LogP contribution is 2.22. The fraction of sp³-hybridized carbons (Fsp3) is 0.538. The van der Waals surface area contributed by atoms with Crippen LogP contribution in [-0.4, -0.2) is 69.0 Å². The zero-order valence-electron chi connectivity index (χ0n) is 12.1. The number of hydrogen-bond donors (Lipinski definition) is 2. The molecule has 0 aliphatic rings. The van der Waals surface area contributed by atoms with Gasteiger partial charge in [-0.2, -0.15) is 0 Å². The van der Waals surface area contributed by atoms with Gasteiger partial charge in [-0.15, -0.1) is 11.3 Å². The third-order valence-corrected chi connectivity index (χ3v) is 3.60. The predicted octanol–water partition coefficient (Wildman–Crippen LogP) is 0.414. The van der Waals surface area contributed by atoms with E-state index < -0.39 is 5.97 Å². The molecule has 118 valence electrons. The summed E-state index contributed by atoms with van der Waals surface area (Å²) in [6, 6.07) is 1.65. The lowest BCUT2D eigenvalue weighted by Gasteiger charge is -2.20. The van der Waals surface area contributed by atoms with E-state index in [1.54, 1.807) is 23.5 Å². The topological polar surface area (TPSA) is 88.1 Å². The van der Waals surface area contributed by atoms with Gasteiger partial charge in [-0.3, -0.25) is 9.69 Å². The number of esters is 1. The second-order valence-electron chi connectivity index (χ2n) is 4.20. The van der Waals surface area contributed by atoms with Crippen LogP contribution in [0, 0.1) is 0 Å². The van der Waals surface area contributed by atoms with E-state index in [9.17, 15) is 9.59 Å². The fourth-order valence-electron chi connectivity index (χ4n) is 1.68. The molecule has 1 heterocycles. The van der Waals surface area contributed by atoms with E-state index in [1.165, 1.54) is 18.4 Å². The van der Waals surface area contributed by atoms with Crippen molar-refractivity contribution in [1.82, 2.24) is 4.90 Å². The van der Waals surface area contributed by atoms with Gasteiger partial charge in [-0.05, 0) is 11.4 Å². The smallest absolute Gasteiger partial charge is 0.350 e. The number of nitrogens with zero attached hydrogens (tertiary/aromatic N) is 1. The van der Waals surface area contributed by atoms with Gasteiger partial charge in [0.05, 0.1) is 32.6 Å². The highest BCUT2D eigenvalue weighted by atomic mass is 32.1. The summed E-state index contributed by atoms with van der Waals surface area (Å²) < 4.78 is 9.61. The first-order valence-corrected chi connectivity index (χ1v) is 7.28. The Balaban J connectivity index is 2.59. The number of ether oxygens (including phenoxy) is 2. The number of carbonyl (C=O) groups is 2. The van der Waals surface area contributed by atoms with Crippen LogP contribution >= 0.6 is 11.3 Å². The number of aliphatic hydroxyl groups excluding tert-OH is 1. The molecule has 7 nitrogen and oxygen atoms in total. The third kappa shape index (κ3) is 5.80. The van der Waals surface area contributed by atoms with Gasteiger partial charge in [-0.1, -0.05) is 0 Å². The Hall–Kier alpha value is -1.48. The number of carbonyl (C=O) groups excluding carboxylic acids is 2. The van der Waals surface area contributed by atoms with Crippen LogP contribution in [-0.2, 0) is 14.3 Å². The number of hydrogen-bond acceptors (Lipinski definition) is 7. The quantitative estimate of drug-likeness (QED) is 0.642. The fourth-order valence-corrected chi connectivity index (χ4v) is 2.45. The number of nitrogens with one attached hydrogen (secondary N) is 1.